The molecule has 0 bridgehead atoms. The van der Waals surface area contributed by atoms with Gasteiger partial charge in [0.2, 0.25) is 0 Å². The molecule has 0 aliphatic carbocycles. The quantitative estimate of drug-likeness (QED) is 0.866. The molecule has 1 fully saturated rings. The SMILES string of the molecule is Cc1c(N2CCC(C)C(O)C2)nn2c(C(F)(F)F)nnc2c1C. The fourth-order valence-corrected chi connectivity index (χ4v) is 2.83. The summed E-state index contributed by atoms with van der Waals surface area (Å²) in [5.74, 6) is -0.536. The monoisotopic (exact) mass is 329 g/mol. The zero-order valence-electron chi connectivity index (χ0n) is 13.1. The molecular weight excluding hydrogens is 311 g/mol. The molecule has 0 amide bonds. The van der Waals surface area contributed by atoms with Gasteiger partial charge in [-0.2, -0.15) is 17.7 Å². The van der Waals surface area contributed by atoms with Crippen molar-refractivity contribution in [3.63, 3.8) is 0 Å². The molecule has 1 N–H and O–H groups in total. The maximum absolute atomic E-state index is 13.1. The maximum Gasteiger partial charge on any atom is 0.453 e. The second kappa shape index (κ2) is 5.33. The fraction of sp³-hybridized carbons (Fsp3) is 0.643. The number of aliphatic hydroxyl groups is 1. The van der Waals surface area contributed by atoms with Crippen LogP contribution in [0.1, 0.15) is 30.3 Å². The third-order valence-corrected chi connectivity index (χ3v) is 4.54. The first-order valence-electron chi connectivity index (χ1n) is 7.43. The molecule has 1 aliphatic rings. The summed E-state index contributed by atoms with van der Waals surface area (Å²) in [7, 11) is 0. The second-order valence-electron chi connectivity index (χ2n) is 6.11. The van der Waals surface area contributed by atoms with Crippen LogP contribution < -0.4 is 4.90 Å². The Kier molecular flexibility index (Phi) is 3.70. The minimum Gasteiger partial charge on any atom is -0.391 e. The van der Waals surface area contributed by atoms with Crippen LogP contribution in [0, 0.1) is 19.8 Å². The van der Waals surface area contributed by atoms with Crippen LogP contribution >= 0.6 is 0 Å². The maximum atomic E-state index is 13.1. The Bertz CT molecular complexity index is 742. The molecule has 3 heterocycles. The van der Waals surface area contributed by atoms with Gasteiger partial charge >= 0.3 is 6.18 Å². The zero-order valence-corrected chi connectivity index (χ0v) is 13.1. The van der Waals surface area contributed by atoms with Crippen molar-refractivity contribution in [2.75, 3.05) is 18.0 Å². The van der Waals surface area contributed by atoms with E-state index in [2.05, 4.69) is 15.3 Å². The number of aromatic nitrogens is 4. The highest BCUT2D eigenvalue weighted by Crippen LogP contribution is 2.31. The second-order valence-corrected chi connectivity index (χ2v) is 6.11. The lowest BCUT2D eigenvalue weighted by atomic mass is 9.96. The van der Waals surface area contributed by atoms with Gasteiger partial charge in [0, 0.05) is 24.2 Å². The molecule has 0 aromatic carbocycles. The van der Waals surface area contributed by atoms with Crippen molar-refractivity contribution in [3.8, 4) is 0 Å². The molecule has 2 unspecified atom stereocenters. The van der Waals surface area contributed by atoms with E-state index in [1.807, 2.05) is 11.8 Å². The Morgan fingerprint density at radius 1 is 1.17 bits per heavy atom. The summed E-state index contributed by atoms with van der Waals surface area (Å²) in [5.41, 5.74) is 1.45. The van der Waals surface area contributed by atoms with Gasteiger partial charge in [-0.05, 0) is 26.2 Å². The lowest BCUT2D eigenvalue weighted by Gasteiger charge is -2.35. The fourth-order valence-electron chi connectivity index (χ4n) is 2.83. The number of piperidine rings is 1. The van der Waals surface area contributed by atoms with E-state index in [0.717, 1.165) is 16.5 Å². The molecule has 0 radical (unpaired) electrons. The van der Waals surface area contributed by atoms with Crippen molar-refractivity contribution in [1.82, 2.24) is 19.8 Å². The number of β-amino-alcohol motifs (C(OH)–C–C–N with tert-alkyl or cyclic N) is 1. The highest BCUT2D eigenvalue weighted by molar-refractivity contribution is 5.59. The van der Waals surface area contributed by atoms with Gasteiger partial charge in [0.05, 0.1) is 6.10 Å². The number of aliphatic hydroxyl groups excluding tert-OH is 1. The van der Waals surface area contributed by atoms with Crippen molar-refractivity contribution in [2.45, 2.75) is 39.5 Å². The van der Waals surface area contributed by atoms with E-state index in [-0.39, 0.29) is 11.6 Å². The van der Waals surface area contributed by atoms with E-state index in [0.29, 0.717) is 24.5 Å². The number of fused-ring (bicyclic) bond motifs is 1. The Hall–Kier alpha value is -1.90. The summed E-state index contributed by atoms with van der Waals surface area (Å²) < 4.78 is 39.9. The summed E-state index contributed by atoms with van der Waals surface area (Å²) in [5, 5.41) is 21.0. The van der Waals surface area contributed by atoms with E-state index in [1.165, 1.54) is 0 Å². The minimum atomic E-state index is -4.62. The molecule has 0 saturated carbocycles. The predicted octanol–water partition coefficient (Wildman–Crippen LogP) is 1.97. The first kappa shape index (κ1) is 16.0. The highest BCUT2D eigenvalue weighted by Gasteiger charge is 2.38. The standard InChI is InChI=1S/C14H18F3N5O/c1-7-4-5-21(6-10(7)23)12-9(3)8(2)11-18-19-13(14(15,16)17)22(11)20-12/h7,10,23H,4-6H2,1-3H3. The number of rotatable bonds is 1. The first-order valence-corrected chi connectivity index (χ1v) is 7.43. The molecule has 9 heteroatoms. The molecule has 1 aliphatic heterocycles. The molecule has 2 atom stereocenters. The van der Waals surface area contributed by atoms with Crippen LogP contribution in [-0.4, -0.2) is 44.1 Å². The summed E-state index contributed by atoms with van der Waals surface area (Å²) in [6.45, 7) is 6.44. The van der Waals surface area contributed by atoms with Gasteiger partial charge in [0.1, 0.15) is 0 Å². The smallest absolute Gasteiger partial charge is 0.391 e. The molecular formula is C14H18F3N5O. The van der Waals surface area contributed by atoms with Gasteiger partial charge < -0.3 is 10.0 Å². The lowest BCUT2D eigenvalue weighted by molar-refractivity contribution is -0.146. The molecule has 0 spiro atoms. The molecule has 23 heavy (non-hydrogen) atoms. The molecule has 3 rings (SSSR count). The van der Waals surface area contributed by atoms with E-state index in [1.54, 1.807) is 13.8 Å². The molecule has 2 aromatic rings. The van der Waals surface area contributed by atoms with Gasteiger partial charge in [-0.25, -0.2) is 0 Å². The number of halogens is 3. The van der Waals surface area contributed by atoms with E-state index < -0.39 is 18.1 Å². The van der Waals surface area contributed by atoms with Crippen LogP contribution in [0.25, 0.3) is 5.65 Å². The van der Waals surface area contributed by atoms with Gasteiger partial charge in [0.15, 0.2) is 11.5 Å². The molecule has 2 aromatic heterocycles. The Morgan fingerprint density at radius 2 is 1.87 bits per heavy atom. The van der Waals surface area contributed by atoms with Crippen molar-refractivity contribution >= 4 is 11.5 Å². The van der Waals surface area contributed by atoms with Gasteiger partial charge in [0.25, 0.3) is 5.82 Å². The Balaban J connectivity index is 2.12. The summed E-state index contributed by atoms with van der Waals surface area (Å²) in [6, 6.07) is 0. The van der Waals surface area contributed by atoms with Crippen LogP contribution in [0.15, 0.2) is 0 Å². The van der Waals surface area contributed by atoms with Crippen LogP contribution in [0.2, 0.25) is 0 Å². The number of aryl methyl sites for hydroxylation is 1. The summed E-state index contributed by atoms with van der Waals surface area (Å²) in [6.07, 6.45) is -4.39. The van der Waals surface area contributed by atoms with Gasteiger partial charge in [-0.1, -0.05) is 6.92 Å². The van der Waals surface area contributed by atoms with Gasteiger partial charge in [-0.15, -0.1) is 15.3 Å². The first-order chi connectivity index (χ1) is 10.7. The van der Waals surface area contributed by atoms with Crippen LogP contribution in [0.4, 0.5) is 19.0 Å². The van der Waals surface area contributed by atoms with Gasteiger partial charge in [-0.3, -0.25) is 0 Å². The van der Waals surface area contributed by atoms with E-state index in [4.69, 9.17) is 0 Å². The topological polar surface area (TPSA) is 66.5 Å². The number of alkyl halides is 3. The average Bonchev–Trinajstić information content (AvgIpc) is 2.90. The van der Waals surface area contributed by atoms with Crippen molar-refractivity contribution in [2.24, 2.45) is 5.92 Å². The van der Waals surface area contributed by atoms with E-state index >= 15 is 0 Å². The molecule has 6 nitrogen and oxygen atoms in total. The van der Waals surface area contributed by atoms with Crippen molar-refractivity contribution in [3.05, 3.63) is 17.0 Å². The molecule has 1 saturated heterocycles. The van der Waals surface area contributed by atoms with Crippen LogP contribution in [-0.2, 0) is 6.18 Å². The third-order valence-electron chi connectivity index (χ3n) is 4.54. The Labute approximate surface area is 130 Å². The van der Waals surface area contributed by atoms with Crippen LogP contribution in [0.3, 0.4) is 0 Å². The van der Waals surface area contributed by atoms with E-state index in [9.17, 15) is 18.3 Å². The zero-order chi connectivity index (χ0) is 16.9. The van der Waals surface area contributed by atoms with Crippen molar-refractivity contribution < 1.29 is 18.3 Å². The average molecular weight is 329 g/mol. The predicted molar refractivity (Wildman–Crippen MR) is 77.3 cm³/mol. The summed E-state index contributed by atoms with van der Waals surface area (Å²) >= 11 is 0. The van der Waals surface area contributed by atoms with Crippen molar-refractivity contribution in [1.29, 1.82) is 0 Å². The third kappa shape index (κ3) is 2.62. The number of anilines is 1. The largest absolute Gasteiger partial charge is 0.453 e. The minimum absolute atomic E-state index is 0.101. The van der Waals surface area contributed by atoms with Crippen LogP contribution in [0.5, 0.6) is 0 Å². The molecule has 126 valence electrons. The normalized spacial score (nSPS) is 22.8. The number of nitrogens with zero attached hydrogens (tertiary/aromatic N) is 5. The number of hydrogen-bond donors (Lipinski definition) is 1. The lowest BCUT2D eigenvalue weighted by Crippen LogP contribution is -2.43. The summed E-state index contributed by atoms with van der Waals surface area (Å²) in [4.78, 5) is 1.83. The number of hydrogen-bond acceptors (Lipinski definition) is 5. The Morgan fingerprint density at radius 3 is 2.48 bits per heavy atom. The highest BCUT2D eigenvalue weighted by atomic mass is 19.4.